The highest BCUT2D eigenvalue weighted by Gasteiger charge is 2.33. The van der Waals surface area contributed by atoms with Crippen LogP contribution in [0.5, 0.6) is 0 Å². The number of carboxylic acids is 1. The van der Waals surface area contributed by atoms with Crippen LogP contribution in [0.4, 0.5) is 4.39 Å². The van der Waals surface area contributed by atoms with Crippen LogP contribution in [0.25, 0.3) is 0 Å². The van der Waals surface area contributed by atoms with E-state index in [-0.39, 0.29) is 19.0 Å². The molecule has 2 nitrogen and oxygen atoms in total. The third-order valence-corrected chi connectivity index (χ3v) is 3.35. The lowest BCUT2D eigenvalue weighted by molar-refractivity contribution is -0.137. The minimum atomic E-state index is -0.752. The molecule has 92 valence electrons. The van der Waals surface area contributed by atoms with Crippen molar-refractivity contribution < 1.29 is 14.3 Å². The smallest absolute Gasteiger partial charge is 0.303 e. The van der Waals surface area contributed by atoms with Crippen molar-refractivity contribution in [3.8, 4) is 0 Å². The molecule has 1 aliphatic carbocycles. The lowest BCUT2D eigenvalue weighted by Gasteiger charge is -2.15. The predicted octanol–water partition coefficient (Wildman–Crippen LogP) is 3.17. The lowest BCUT2D eigenvalue weighted by Crippen LogP contribution is -2.08. The molecule has 1 aromatic rings. The molecule has 1 fully saturated rings. The normalized spacial score (nSPS) is 16.8. The first-order chi connectivity index (χ1) is 8.20. The molecule has 0 aliphatic heterocycles. The van der Waals surface area contributed by atoms with Crippen molar-refractivity contribution >= 4 is 5.97 Å². The van der Waals surface area contributed by atoms with E-state index in [0.29, 0.717) is 12.3 Å². The van der Waals surface area contributed by atoms with E-state index in [2.05, 4.69) is 0 Å². The number of benzene rings is 1. The fraction of sp³-hybridized carbons (Fsp3) is 0.500. The molecule has 0 spiro atoms. The van der Waals surface area contributed by atoms with E-state index in [1.807, 2.05) is 24.3 Å². The number of aryl methyl sites for hydroxylation is 1. The molecule has 0 bridgehead atoms. The van der Waals surface area contributed by atoms with E-state index in [0.717, 1.165) is 24.0 Å². The van der Waals surface area contributed by atoms with Crippen LogP contribution >= 0.6 is 0 Å². The average molecular weight is 236 g/mol. The van der Waals surface area contributed by atoms with Crippen molar-refractivity contribution in [1.82, 2.24) is 0 Å². The number of carbonyl (C=O) groups is 1. The molecule has 0 heterocycles. The first kappa shape index (κ1) is 12.1. The van der Waals surface area contributed by atoms with E-state index in [4.69, 9.17) is 5.11 Å². The second-order valence-corrected chi connectivity index (χ2v) is 4.73. The van der Waals surface area contributed by atoms with Crippen molar-refractivity contribution in [2.45, 2.75) is 31.6 Å². The number of hydrogen-bond donors (Lipinski definition) is 1. The minimum Gasteiger partial charge on any atom is -0.481 e. The molecule has 0 aromatic heterocycles. The maximum absolute atomic E-state index is 12.3. The molecule has 1 aromatic carbocycles. The maximum Gasteiger partial charge on any atom is 0.303 e. The van der Waals surface area contributed by atoms with E-state index >= 15 is 0 Å². The summed E-state index contributed by atoms with van der Waals surface area (Å²) >= 11 is 0. The van der Waals surface area contributed by atoms with Gasteiger partial charge in [-0.05, 0) is 35.8 Å². The van der Waals surface area contributed by atoms with Crippen LogP contribution in [0.3, 0.4) is 0 Å². The molecule has 3 heteroatoms. The van der Waals surface area contributed by atoms with Gasteiger partial charge in [-0.3, -0.25) is 9.18 Å². The van der Waals surface area contributed by atoms with Crippen molar-refractivity contribution in [2.24, 2.45) is 5.92 Å². The second-order valence-electron chi connectivity index (χ2n) is 4.73. The summed E-state index contributed by atoms with van der Waals surface area (Å²) in [7, 11) is 0. The summed E-state index contributed by atoms with van der Waals surface area (Å²) in [6.07, 6.45) is 2.83. The standard InChI is InChI=1S/C14H17FO2/c15-7-6-10-2-1-3-12(8-10)13(9-14(16)17)11-4-5-11/h1-3,8,11,13H,4-7,9H2,(H,16,17). The summed E-state index contributed by atoms with van der Waals surface area (Å²) in [5.41, 5.74) is 2.02. The first-order valence-electron chi connectivity index (χ1n) is 6.07. The van der Waals surface area contributed by atoms with Crippen molar-refractivity contribution in [2.75, 3.05) is 6.67 Å². The zero-order valence-electron chi connectivity index (χ0n) is 9.73. The molecule has 0 amide bonds. The quantitative estimate of drug-likeness (QED) is 0.823. The monoisotopic (exact) mass is 236 g/mol. The van der Waals surface area contributed by atoms with Gasteiger partial charge in [-0.2, -0.15) is 0 Å². The Kier molecular flexibility index (Phi) is 3.77. The van der Waals surface area contributed by atoms with Gasteiger partial charge in [0, 0.05) is 6.42 Å². The maximum atomic E-state index is 12.3. The van der Waals surface area contributed by atoms with Crippen LogP contribution in [-0.2, 0) is 11.2 Å². The third-order valence-electron chi connectivity index (χ3n) is 3.35. The number of carboxylic acid groups (broad SMARTS) is 1. The van der Waals surface area contributed by atoms with E-state index in [1.54, 1.807) is 0 Å². The average Bonchev–Trinajstić information content (AvgIpc) is 3.10. The van der Waals surface area contributed by atoms with Crippen LogP contribution in [0.1, 0.15) is 36.3 Å². The molecule has 1 saturated carbocycles. The van der Waals surface area contributed by atoms with Crippen LogP contribution in [0.15, 0.2) is 24.3 Å². The van der Waals surface area contributed by atoms with Gasteiger partial charge < -0.3 is 5.11 Å². The zero-order chi connectivity index (χ0) is 12.3. The molecule has 2 rings (SSSR count). The molecular weight excluding hydrogens is 219 g/mol. The molecule has 1 atom stereocenters. The van der Waals surface area contributed by atoms with Crippen LogP contribution in [-0.4, -0.2) is 17.8 Å². The molecular formula is C14H17FO2. The SMILES string of the molecule is O=C(O)CC(c1cccc(CCF)c1)C1CC1. The Bertz CT molecular complexity index is 399. The molecule has 1 N–H and O–H groups in total. The highest BCUT2D eigenvalue weighted by atomic mass is 19.1. The van der Waals surface area contributed by atoms with Crippen LogP contribution < -0.4 is 0 Å². The molecule has 17 heavy (non-hydrogen) atoms. The number of rotatable bonds is 6. The topological polar surface area (TPSA) is 37.3 Å². The first-order valence-corrected chi connectivity index (χ1v) is 6.07. The van der Waals surface area contributed by atoms with E-state index < -0.39 is 5.97 Å². The zero-order valence-corrected chi connectivity index (χ0v) is 9.73. The highest BCUT2D eigenvalue weighted by molar-refractivity contribution is 5.68. The van der Waals surface area contributed by atoms with Gasteiger partial charge in [0.2, 0.25) is 0 Å². The number of hydrogen-bond acceptors (Lipinski definition) is 1. The van der Waals surface area contributed by atoms with E-state index in [1.165, 1.54) is 0 Å². The number of alkyl halides is 1. The molecule has 0 saturated heterocycles. The van der Waals surface area contributed by atoms with Gasteiger partial charge in [0.15, 0.2) is 0 Å². The van der Waals surface area contributed by atoms with Crippen molar-refractivity contribution in [3.05, 3.63) is 35.4 Å². The Morgan fingerprint density at radius 3 is 2.82 bits per heavy atom. The Hall–Kier alpha value is -1.38. The number of aliphatic carboxylic acids is 1. The van der Waals surface area contributed by atoms with Crippen molar-refractivity contribution in [1.29, 1.82) is 0 Å². The predicted molar refractivity (Wildman–Crippen MR) is 63.8 cm³/mol. The summed E-state index contributed by atoms with van der Waals surface area (Å²) in [6, 6.07) is 7.73. The van der Waals surface area contributed by atoms with E-state index in [9.17, 15) is 9.18 Å². The van der Waals surface area contributed by atoms with Gasteiger partial charge in [0.1, 0.15) is 0 Å². The lowest BCUT2D eigenvalue weighted by atomic mass is 9.90. The number of halogens is 1. The Labute approximate surface area is 100 Å². The van der Waals surface area contributed by atoms with Gasteiger partial charge in [-0.15, -0.1) is 0 Å². The minimum absolute atomic E-state index is 0.104. The molecule has 0 radical (unpaired) electrons. The van der Waals surface area contributed by atoms with Gasteiger partial charge in [-0.25, -0.2) is 0 Å². The van der Waals surface area contributed by atoms with Crippen molar-refractivity contribution in [3.63, 3.8) is 0 Å². The van der Waals surface area contributed by atoms with Gasteiger partial charge in [0.25, 0.3) is 0 Å². The summed E-state index contributed by atoms with van der Waals surface area (Å²) in [5.74, 6) is -0.142. The fourth-order valence-electron chi connectivity index (χ4n) is 2.33. The second kappa shape index (κ2) is 5.30. The summed E-state index contributed by atoms with van der Waals surface area (Å²) < 4.78 is 12.3. The van der Waals surface area contributed by atoms with Gasteiger partial charge >= 0.3 is 5.97 Å². The van der Waals surface area contributed by atoms with Gasteiger partial charge in [0.05, 0.1) is 13.1 Å². The Balaban J connectivity index is 2.16. The summed E-state index contributed by atoms with van der Waals surface area (Å²) in [5, 5.41) is 8.93. The summed E-state index contributed by atoms with van der Waals surface area (Å²) in [6.45, 7) is -0.365. The third kappa shape index (κ3) is 3.29. The Morgan fingerprint density at radius 2 is 2.24 bits per heavy atom. The van der Waals surface area contributed by atoms with Gasteiger partial charge in [-0.1, -0.05) is 24.3 Å². The molecule has 1 unspecified atom stereocenters. The molecule has 1 aliphatic rings. The highest BCUT2D eigenvalue weighted by Crippen LogP contribution is 2.44. The Morgan fingerprint density at radius 1 is 1.47 bits per heavy atom. The van der Waals surface area contributed by atoms with Crippen LogP contribution in [0.2, 0.25) is 0 Å². The summed E-state index contributed by atoms with van der Waals surface area (Å²) in [4.78, 5) is 10.9. The largest absolute Gasteiger partial charge is 0.481 e. The fourth-order valence-corrected chi connectivity index (χ4v) is 2.33. The van der Waals surface area contributed by atoms with Crippen LogP contribution in [0, 0.1) is 5.92 Å².